The summed E-state index contributed by atoms with van der Waals surface area (Å²) in [5.41, 5.74) is 3.50. The molecular formula is C22H23ClN4O. The van der Waals surface area contributed by atoms with Gasteiger partial charge in [-0.05, 0) is 34.7 Å². The standard InChI is InChI=1S/C22H23ClN4O/c1-22(2,3)17-8-10-18(11-9-17)27-21-25-13-16(14-26-21)20(28)24-12-15-6-4-5-7-19(15)23/h4-11,13-14H,12H2,1-3H3,(H,24,28)(H,25,26,27). The summed E-state index contributed by atoms with van der Waals surface area (Å²) in [4.78, 5) is 20.7. The van der Waals surface area contributed by atoms with Gasteiger partial charge in [-0.1, -0.05) is 62.7 Å². The number of anilines is 2. The maximum absolute atomic E-state index is 12.3. The zero-order valence-corrected chi connectivity index (χ0v) is 16.9. The molecule has 0 saturated carbocycles. The Bertz CT molecular complexity index is 948. The van der Waals surface area contributed by atoms with E-state index in [1.165, 1.54) is 18.0 Å². The monoisotopic (exact) mass is 394 g/mol. The van der Waals surface area contributed by atoms with E-state index in [-0.39, 0.29) is 11.3 Å². The van der Waals surface area contributed by atoms with Crippen molar-refractivity contribution in [1.29, 1.82) is 0 Å². The molecular weight excluding hydrogens is 372 g/mol. The average molecular weight is 395 g/mol. The molecule has 0 aliphatic rings. The maximum Gasteiger partial charge on any atom is 0.254 e. The maximum atomic E-state index is 12.3. The molecule has 0 fully saturated rings. The summed E-state index contributed by atoms with van der Waals surface area (Å²) in [6.45, 7) is 6.87. The molecule has 0 spiro atoms. The van der Waals surface area contributed by atoms with Crippen LogP contribution in [0.15, 0.2) is 60.9 Å². The molecule has 0 radical (unpaired) electrons. The fourth-order valence-corrected chi connectivity index (χ4v) is 2.81. The molecule has 1 heterocycles. The third-order valence-electron chi connectivity index (χ3n) is 4.32. The SMILES string of the molecule is CC(C)(C)c1ccc(Nc2ncc(C(=O)NCc3ccccc3Cl)cn2)cc1. The van der Waals surface area contributed by atoms with E-state index < -0.39 is 0 Å². The van der Waals surface area contributed by atoms with Crippen LogP contribution < -0.4 is 10.6 Å². The van der Waals surface area contributed by atoms with Gasteiger partial charge in [0.15, 0.2) is 0 Å². The van der Waals surface area contributed by atoms with Crippen molar-refractivity contribution >= 4 is 29.1 Å². The van der Waals surface area contributed by atoms with Gasteiger partial charge >= 0.3 is 0 Å². The molecule has 1 amide bonds. The zero-order chi connectivity index (χ0) is 20.1. The van der Waals surface area contributed by atoms with Gasteiger partial charge in [0.25, 0.3) is 5.91 Å². The Balaban J connectivity index is 1.60. The average Bonchev–Trinajstić information content (AvgIpc) is 2.67. The van der Waals surface area contributed by atoms with E-state index in [0.717, 1.165) is 11.3 Å². The number of carbonyl (C=O) groups excluding carboxylic acids is 1. The predicted octanol–water partition coefficient (Wildman–Crippen LogP) is 5.10. The minimum Gasteiger partial charge on any atom is -0.348 e. The number of halogens is 1. The summed E-state index contributed by atoms with van der Waals surface area (Å²) < 4.78 is 0. The third kappa shape index (κ3) is 5.08. The first-order valence-electron chi connectivity index (χ1n) is 9.04. The van der Waals surface area contributed by atoms with Crippen LogP contribution in [0.1, 0.15) is 42.3 Å². The predicted molar refractivity (Wildman–Crippen MR) is 113 cm³/mol. The molecule has 2 aromatic carbocycles. The smallest absolute Gasteiger partial charge is 0.254 e. The number of rotatable bonds is 5. The van der Waals surface area contributed by atoms with Gasteiger partial charge in [-0.3, -0.25) is 4.79 Å². The number of nitrogens with zero attached hydrogens (tertiary/aromatic N) is 2. The molecule has 144 valence electrons. The highest BCUT2D eigenvalue weighted by Gasteiger charge is 2.13. The fourth-order valence-electron chi connectivity index (χ4n) is 2.61. The third-order valence-corrected chi connectivity index (χ3v) is 4.69. The van der Waals surface area contributed by atoms with Crippen molar-refractivity contribution in [2.75, 3.05) is 5.32 Å². The van der Waals surface area contributed by atoms with E-state index in [0.29, 0.717) is 23.1 Å². The Kier molecular flexibility index (Phi) is 5.95. The number of amides is 1. The van der Waals surface area contributed by atoms with Gasteiger partial charge in [-0.25, -0.2) is 9.97 Å². The van der Waals surface area contributed by atoms with E-state index in [1.807, 2.05) is 30.3 Å². The van der Waals surface area contributed by atoms with Gasteiger partial charge in [0.1, 0.15) is 0 Å². The highest BCUT2D eigenvalue weighted by molar-refractivity contribution is 6.31. The van der Waals surface area contributed by atoms with E-state index in [9.17, 15) is 4.79 Å². The summed E-state index contributed by atoms with van der Waals surface area (Å²) in [5.74, 6) is 0.187. The molecule has 0 unspecified atom stereocenters. The Morgan fingerprint density at radius 1 is 1.00 bits per heavy atom. The van der Waals surface area contributed by atoms with Gasteiger partial charge in [0, 0.05) is 29.6 Å². The molecule has 3 aromatic rings. The second kappa shape index (κ2) is 8.40. The summed E-state index contributed by atoms with van der Waals surface area (Å²) in [5, 5.41) is 6.59. The topological polar surface area (TPSA) is 66.9 Å². The summed E-state index contributed by atoms with van der Waals surface area (Å²) in [6, 6.07) is 15.5. The molecule has 3 rings (SSSR count). The van der Waals surface area contributed by atoms with Gasteiger partial charge in [0.05, 0.1) is 5.56 Å². The largest absolute Gasteiger partial charge is 0.348 e. The first kappa shape index (κ1) is 19.8. The molecule has 0 saturated heterocycles. The van der Waals surface area contributed by atoms with Crippen LogP contribution in [0.4, 0.5) is 11.6 Å². The Labute approximate surface area is 170 Å². The van der Waals surface area contributed by atoms with Crippen LogP contribution in [0.3, 0.4) is 0 Å². The summed E-state index contributed by atoms with van der Waals surface area (Å²) >= 11 is 6.10. The molecule has 6 heteroatoms. The fraction of sp³-hybridized carbons (Fsp3) is 0.227. The quantitative estimate of drug-likeness (QED) is 0.631. The van der Waals surface area contributed by atoms with Crippen LogP contribution >= 0.6 is 11.6 Å². The van der Waals surface area contributed by atoms with Crippen molar-refractivity contribution in [1.82, 2.24) is 15.3 Å². The van der Waals surface area contributed by atoms with Crippen molar-refractivity contribution in [3.8, 4) is 0 Å². The van der Waals surface area contributed by atoms with Crippen molar-refractivity contribution in [3.63, 3.8) is 0 Å². The van der Waals surface area contributed by atoms with Crippen molar-refractivity contribution in [3.05, 3.63) is 82.6 Å². The first-order valence-corrected chi connectivity index (χ1v) is 9.42. The highest BCUT2D eigenvalue weighted by Crippen LogP contribution is 2.24. The number of carbonyl (C=O) groups is 1. The lowest BCUT2D eigenvalue weighted by Gasteiger charge is -2.19. The number of hydrogen-bond donors (Lipinski definition) is 2. The van der Waals surface area contributed by atoms with Crippen LogP contribution in [0.5, 0.6) is 0 Å². The lowest BCUT2D eigenvalue weighted by atomic mass is 9.87. The van der Waals surface area contributed by atoms with Gasteiger partial charge in [-0.15, -0.1) is 0 Å². The number of nitrogens with one attached hydrogen (secondary N) is 2. The van der Waals surface area contributed by atoms with Gasteiger partial charge < -0.3 is 10.6 Å². The van der Waals surface area contributed by atoms with Crippen molar-refractivity contribution < 1.29 is 4.79 Å². The highest BCUT2D eigenvalue weighted by atomic mass is 35.5. The first-order chi connectivity index (χ1) is 13.3. The molecule has 2 N–H and O–H groups in total. The van der Waals surface area contributed by atoms with Gasteiger partial charge in [0.2, 0.25) is 5.95 Å². The normalized spacial score (nSPS) is 11.1. The van der Waals surface area contributed by atoms with Crippen molar-refractivity contribution in [2.24, 2.45) is 0 Å². The van der Waals surface area contributed by atoms with Crippen molar-refractivity contribution in [2.45, 2.75) is 32.7 Å². The molecule has 28 heavy (non-hydrogen) atoms. The summed E-state index contributed by atoms with van der Waals surface area (Å²) in [6.07, 6.45) is 3.00. The lowest BCUT2D eigenvalue weighted by molar-refractivity contribution is 0.0950. The minimum atomic E-state index is -0.249. The van der Waals surface area contributed by atoms with Crippen LogP contribution in [0, 0.1) is 0 Å². The molecule has 0 bridgehead atoms. The van der Waals surface area contributed by atoms with E-state index in [4.69, 9.17) is 11.6 Å². The van der Waals surface area contributed by atoms with Crippen LogP contribution in [-0.4, -0.2) is 15.9 Å². The molecule has 0 aliphatic carbocycles. The van der Waals surface area contributed by atoms with Gasteiger partial charge in [-0.2, -0.15) is 0 Å². The zero-order valence-electron chi connectivity index (χ0n) is 16.2. The number of aromatic nitrogens is 2. The van der Waals surface area contributed by atoms with E-state index in [1.54, 1.807) is 6.07 Å². The second-order valence-electron chi connectivity index (χ2n) is 7.52. The van der Waals surface area contributed by atoms with Crippen LogP contribution in [0.2, 0.25) is 5.02 Å². The van der Waals surface area contributed by atoms with E-state index >= 15 is 0 Å². The number of benzene rings is 2. The van der Waals surface area contributed by atoms with Crippen LogP contribution in [-0.2, 0) is 12.0 Å². The Hall–Kier alpha value is -2.92. The molecule has 0 atom stereocenters. The molecule has 1 aromatic heterocycles. The molecule has 5 nitrogen and oxygen atoms in total. The summed E-state index contributed by atoms with van der Waals surface area (Å²) in [7, 11) is 0. The Morgan fingerprint density at radius 2 is 1.64 bits per heavy atom. The Morgan fingerprint density at radius 3 is 2.25 bits per heavy atom. The van der Waals surface area contributed by atoms with E-state index in [2.05, 4.69) is 53.5 Å². The lowest BCUT2D eigenvalue weighted by Crippen LogP contribution is -2.23. The second-order valence-corrected chi connectivity index (χ2v) is 7.93. The van der Waals surface area contributed by atoms with Crippen LogP contribution in [0.25, 0.3) is 0 Å². The molecule has 0 aliphatic heterocycles. The number of hydrogen-bond acceptors (Lipinski definition) is 4. The minimum absolute atomic E-state index is 0.105.